The normalized spacial score (nSPS) is 16.1. The quantitative estimate of drug-likeness (QED) is 0.809. The topological polar surface area (TPSA) is 49.3 Å². The highest BCUT2D eigenvalue weighted by atomic mass is 16.2. The number of amides is 1. The van der Waals surface area contributed by atoms with E-state index in [1.54, 1.807) is 0 Å². The van der Waals surface area contributed by atoms with E-state index < -0.39 is 0 Å². The number of likely N-dealkylation sites (tertiary alicyclic amines) is 1. The van der Waals surface area contributed by atoms with Gasteiger partial charge in [-0.3, -0.25) is 4.79 Å². The van der Waals surface area contributed by atoms with Crippen LogP contribution in [-0.2, 0) is 6.42 Å². The van der Waals surface area contributed by atoms with Crippen LogP contribution in [0.4, 0.5) is 0 Å². The standard InChI is InChI=1S/C18H30N4O/c1-4-16-14-17(15(3)19-20-16)18(23)22(5-2)13-12-21-10-8-6-7-9-11-21/h14H,4-13H2,1-3H3. The Kier molecular flexibility index (Phi) is 6.96. The summed E-state index contributed by atoms with van der Waals surface area (Å²) in [7, 11) is 0. The van der Waals surface area contributed by atoms with Gasteiger partial charge in [-0.15, -0.1) is 0 Å². The summed E-state index contributed by atoms with van der Waals surface area (Å²) in [4.78, 5) is 17.3. The zero-order chi connectivity index (χ0) is 16.7. The monoisotopic (exact) mass is 318 g/mol. The van der Waals surface area contributed by atoms with Crippen molar-refractivity contribution >= 4 is 5.91 Å². The molecule has 128 valence electrons. The Morgan fingerprint density at radius 2 is 1.87 bits per heavy atom. The van der Waals surface area contributed by atoms with Crippen molar-refractivity contribution in [2.75, 3.05) is 32.7 Å². The van der Waals surface area contributed by atoms with Crippen molar-refractivity contribution in [3.8, 4) is 0 Å². The Hall–Kier alpha value is -1.49. The van der Waals surface area contributed by atoms with Crippen molar-refractivity contribution in [1.29, 1.82) is 0 Å². The minimum absolute atomic E-state index is 0.0874. The molecule has 2 heterocycles. The Labute approximate surface area is 140 Å². The van der Waals surface area contributed by atoms with Gasteiger partial charge >= 0.3 is 0 Å². The number of carbonyl (C=O) groups excluding carboxylic acids is 1. The van der Waals surface area contributed by atoms with Crippen LogP contribution in [-0.4, -0.2) is 58.6 Å². The first-order valence-electron chi connectivity index (χ1n) is 9.00. The Balaban J connectivity index is 2.00. The van der Waals surface area contributed by atoms with Gasteiger partial charge in [-0.1, -0.05) is 19.8 Å². The second kappa shape index (κ2) is 8.96. The summed E-state index contributed by atoms with van der Waals surface area (Å²) >= 11 is 0. The lowest BCUT2D eigenvalue weighted by molar-refractivity contribution is 0.0743. The van der Waals surface area contributed by atoms with Crippen molar-refractivity contribution in [3.63, 3.8) is 0 Å². The van der Waals surface area contributed by atoms with Gasteiger partial charge in [-0.25, -0.2) is 0 Å². The van der Waals surface area contributed by atoms with Crippen LogP contribution in [0.1, 0.15) is 61.3 Å². The lowest BCUT2D eigenvalue weighted by Crippen LogP contribution is -2.39. The largest absolute Gasteiger partial charge is 0.338 e. The van der Waals surface area contributed by atoms with E-state index in [4.69, 9.17) is 0 Å². The fraction of sp³-hybridized carbons (Fsp3) is 0.722. The first-order valence-corrected chi connectivity index (χ1v) is 9.00. The van der Waals surface area contributed by atoms with Gasteiger partial charge in [0, 0.05) is 19.6 Å². The second-order valence-corrected chi connectivity index (χ2v) is 6.33. The summed E-state index contributed by atoms with van der Waals surface area (Å²) < 4.78 is 0. The molecule has 5 nitrogen and oxygen atoms in total. The predicted octanol–water partition coefficient (Wildman–Crippen LogP) is 2.69. The van der Waals surface area contributed by atoms with Crippen molar-refractivity contribution in [3.05, 3.63) is 23.0 Å². The minimum Gasteiger partial charge on any atom is -0.338 e. The molecule has 0 bridgehead atoms. The van der Waals surface area contributed by atoms with Crippen LogP contribution >= 0.6 is 0 Å². The highest BCUT2D eigenvalue weighted by molar-refractivity contribution is 5.95. The van der Waals surface area contributed by atoms with Crippen molar-refractivity contribution in [2.45, 2.75) is 52.9 Å². The zero-order valence-electron chi connectivity index (χ0n) is 14.8. The van der Waals surface area contributed by atoms with Gasteiger partial charge < -0.3 is 9.80 Å². The highest BCUT2D eigenvalue weighted by Crippen LogP contribution is 2.12. The Bertz CT molecular complexity index is 510. The average Bonchev–Trinajstić information content (AvgIpc) is 2.84. The molecule has 0 unspecified atom stereocenters. The number of hydrogen-bond acceptors (Lipinski definition) is 4. The molecule has 0 N–H and O–H groups in total. The third kappa shape index (κ3) is 4.99. The molecule has 0 radical (unpaired) electrons. The summed E-state index contributed by atoms with van der Waals surface area (Å²) in [5, 5.41) is 8.27. The fourth-order valence-corrected chi connectivity index (χ4v) is 3.08. The van der Waals surface area contributed by atoms with Crippen LogP contribution in [0.15, 0.2) is 6.07 Å². The van der Waals surface area contributed by atoms with E-state index in [9.17, 15) is 4.79 Å². The van der Waals surface area contributed by atoms with E-state index >= 15 is 0 Å². The lowest BCUT2D eigenvalue weighted by Gasteiger charge is -2.26. The van der Waals surface area contributed by atoms with Gasteiger partial charge in [0.05, 0.1) is 17.0 Å². The molecule has 0 aliphatic carbocycles. The summed E-state index contributed by atoms with van der Waals surface area (Å²) in [5.41, 5.74) is 2.30. The third-order valence-electron chi connectivity index (χ3n) is 4.68. The maximum absolute atomic E-state index is 12.8. The fourth-order valence-electron chi connectivity index (χ4n) is 3.08. The zero-order valence-corrected chi connectivity index (χ0v) is 14.8. The van der Waals surface area contributed by atoms with Crippen molar-refractivity contribution in [2.24, 2.45) is 0 Å². The van der Waals surface area contributed by atoms with Crippen LogP contribution in [0.2, 0.25) is 0 Å². The van der Waals surface area contributed by atoms with E-state index in [0.717, 1.165) is 37.4 Å². The van der Waals surface area contributed by atoms with Crippen LogP contribution in [0, 0.1) is 6.92 Å². The number of rotatable bonds is 6. The smallest absolute Gasteiger partial charge is 0.255 e. The first-order chi connectivity index (χ1) is 11.2. The maximum Gasteiger partial charge on any atom is 0.255 e. The van der Waals surface area contributed by atoms with Gasteiger partial charge in [-0.05, 0) is 52.3 Å². The molecule has 1 fully saturated rings. The number of nitrogens with zero attached hydrogens (tertiary/aromatic N) is 4. The molecule has 0 spiro atoms. The summed E-state index contributed by atoms with van der Waals surface area (Å²) in [6.45, 7) is 10.8. The van der Waals surface area contributed by atoms with E-state index in [-0.39, 0.29) is 5.91 Å². The molecule has 5 heteroatoms. The minimum atomic E-state index is 0.0874. The number of likely N-dealkylation sites (N-methyl/N-ethyl adjacent to an activating group) is 1. The number of carbonyl (C=O) groups is 1. The Morgan fingerprint density at radius 3 is 2.48 bits per heavy atom. The molecule has 0 aromatic carbocycles. The average molecular weight is 318 g/mol. The predicted molar refractivity (Wildman–Crippen MR) is 92.6 cm³/mol. The van der Waals surface area contributed by atoms with Crippen molar-refractivity contribution < 1.29 is 4.79 Å². The molecule has 0 saturated carbocycles. The maximum atomic E-state index is 12.8. The second-order valence-electron chi connectivity index (χ2n) is 6.33. The lowest BCUT2D eigenvalue weighted by atomic mass is 10.1. The summed E-state index contributed by atoms with van der Waals surface area (Å²) in [6, 6.07) is 1.90. The number of hydrogen-bond donors (Lipinski definition) is 0. The highest BCUT2D eigenvalue weighted by Gasteiger charge is 2.19. The molecule has 1 amide bonds. The van der Waals surface area contributed by atoms with Gasteiger partial charge in [0.2, 0.25) is 0 Å². The molecule has 0 atom stereocenters. The van der Waals surface area contributed by atoms with Gasteiger partial charge in [0.15, 0.2) is 0 Å². The van der Waals surface area contributed by atoms with E-state index in [1.807, 2.05) is 31.7 Å². The molecule has 1 aliphatic heterocycles. The first kappa shape index (κ1) is 17.9. The van der Waals surface area contributed by atoms with Gasteiger partial charge in [-0.2, -0.15) is 10.2 Å². The van der Waals surface area contributed by atoms with Gasteiger partial charge in [0.25, 0.3) is 5.91 Å². The van der Waals surface area contributed by atoms with E-state index in [2.05, 4.69) is 15.1 Å². The number of aromatic nitrogens is 2. The number of aryl methyl sites for hydroxylation is 2. The Morgan fingerprint density at radius 1 is 1.17 bits per heavy atom. The molecule has 2 rings (SSSR count). The van der Waals surface area contributed by atoms with Gasteiger partial charge in [0.1, 0.15) is 0 Å². The van der Waals surface area contributed by atoms with Crippen LogP contribution in [0.25, 0.3) is 0 Å². The summed E-state index contributed by atoms with van der Waals surface area (Å²) in [5.74, 6) is 0.0874. The molecule has 1 aromatic heterocycles. The van der Waals surface area contributed by atoms with E-state index in [1.165, 1.54) is 38.8 Å². The van der Waals surface area contributed by atoms with Crippen LogP contribution < -0.4 is 0 Å². The molecule has 1 aliphatic rings. The summed E-state index contributed by atoms with van der Waals surface area (Å²) in [6.07, 6.45) is 6.05. The van der Waals surface area contributed by atoms with Crippen molar-refractivity contribution in [1.82, 2.24) is 20.0 Å². The van der Waals surface area contributed by atoms with E-state index in [0.29, 0.717) is 5.56 Å². The molecule has 1 saturated heterocycles. The SMILES string of the molecule is CCc1cc(C(=O)N(CC)CCN2CCCCCC2)c(C)nn1. The molecular weight excluding hydrogens is 288 g/mol. The molecule has 23 heavy (non-hydrogen) atoms. The molecular formula is C18H30N4O. The third-order valence-corrected chi connectivity index (χ3v) is 4.68. The molecule has 1 aromatic rings. The van der Waals surface area contributed by atoms with Crippen LogP contribution in [0.3, 0.4) is 0 Å². The van der Waals surface area contributed by atoms with Crippen LogP contribution in [0.5, 0.6) is 0 Å².